The number of aliphatic hydroxyl groups is 1. The Kier molecular flexibility index (Phi) is 5.87. The number of aliphatic hydroxyl groups excluding tert-OH is 1. The summed E-state index contributed by atoms with van der Waals surface area (Å²) in [4.78, 5) is 12.3. The van der Waals surface area contributed by atoms with E-state index < -0.39 is 6.10 Å². The van der Waals surface area contributed by atoms with Crippen LogP contribution >= 0.6 is 0 Å². The third-order valence-corrected chi connectivity index (χ3v) is 6.71. The highest BCUT2D eigenvalue weighted by Gasteiger charge is 2.35. The monoisotopic (exact) mass is 433 g/mol. The van der Waals surface area contributed by atoms with E-state index in [1.807, 2.05) is 31.3 Å². The highest BCUT2D eigenvalue weighted by molar-refractivity contribution is 6.15. The Balaban J connectivity index is 1.57. The fourth-order valence-corrected chi connectivity index (χ4v) is 5.10. The summed E-state index contributed by atoms with van der Waals surface area (Å²) in [6.45, 7) is 4.68. The summed E-state index contributed by atoms with van der Waals surface area (Å²) < 4.78 is 11.5. The number of ether oxygens (including phenoxy) is 2. The van der Waals surface area contributed by atoms with Crippen molar-refractivity contribution in [2.24, 2.45) is 4.99 Å². The topological polar surface area (TPSA) is 67.2 Å². The molecule has 1 aromatic heterocycles. The molecule has 0 unspecified atom stereocenters. The van der Waals surface area contributed by atoms with E-state index in [1.54, 1.807) is 7.11 Å². The SMILES string of the molecule is CCOc1cc2c(cc1OC)C(c1ccc(N3CCCCC3)nc1)=N[C@@H]1C=C[C@H](O)C[C@H]21. The van der Waals surface area contributed by atoms with Crippen molar-refractivity contribution < 1.29 is 14.6 Å². The number of fused-ring (bicyclic) bond motifs is 3. The average molecular weight is 434 g/mol. The fraction of sp³-hybridized carbons (Fsp3) is 0.462. The van der Waals surface area contributed by atoms with E-state index in [4.69, 9.17) is 19.5 Å². The highest BCUT2D eigenvalue weighted by atomic mass is 16.5. The predicted octanol–water partition coefficient (Wildman–Crippen LogP) is 4.10. The molecule has 1 aliphatic carbocycles. The minimum Gasteiger partial charge on any atom is -0.493 e. The smallest absolute Gasteiger partial charge is 0.161 e. The number of anilines is 1. The zero-order chi connectivity index (χ0) is 22.1. The van der Waals surface area contributed by atoms with Gasteiger partial charge in [0.15, 0.2) is 11.5 Å². The molecule has 3 atom stereocenters. The molecule has 5 rings (SSSR count). The van der Waals surface area contributed by atoms with Crippen molar-refractivity contribution in [3.05, 3.63) is 59.3 Å². The second-order valence-corrected chi connectivity index (χ2v) is 8.74. The summed E-state index contributed by atoms with van der Waals surface area (Å²) in [5, 5.41) is 10.3. The maximum absolute atomic E-state index is 10.3. The standard InChI is InChI=1S/C26H31N3O3/c1-3-32-24-14-19-20-13-18(30)8-9-22(20)28-26(21(19)15-23(24)31-2)17-7-10-25(27-16-17)29-11-5-4-6-12-29/h7-10,14-16,18,20,22,30H,3-6,11-13H2,1-2H3/t18-,20+,22+/m0/s1. The third-order valence-electron chi connectivity index (χ3n) is 6.71. The van der Waals surface area contributed by atoms with Crippen LogP contribution in [0.3, 0.4) is 0 Å². The molecule has 1 N–H and O–H groups in total. The molecule has 2 aromatic rings. The molecule has 1 fully saturated rings. The van der Waals surface area contributed by atoms with Crippen LogP contribution in [0, 0.1) is 0 Å². The largest absolute Gasteiger partial charge is 0.493 e. The number of piperidine rings is 1. The van der Waals surface area contributed by atoms with Gasteiger partial charge in [0.2, 0.25) is 0 Å². The van der Waals surface area contributed by atoms with Crippen LogP contribution in [0.1, 0.15) is 55.2 Å². The molecule has 6 heteroatoms. The molecular formula is C26H31N3O3. The first-order valence-corrected chi connectivity index (χ1v) is 11.7. The molecule has 32 heavy (non-hydrogen) atoms. The Morgan fingerprint density at radius 3 is 2.66 bits per heavy atom. The van der Waals surface area contributed by atoms with E-state index in [0.29, 0.717) is 18.8 Å². The van der Waals surface area contributed by atoms with Crippen molar-refractivity contribution in [3.63, 3.8) is 0 Å². The number of pyridine rings is 1. The maximum Gasteiger partial charge on any atom is 0.161 e. The van der Waals surface area contributed by atoms with E-state index in [0.717, 1.165) is 47.1 Å². The lowest BCUT2D eigenvalue weighted by Gasteiger charge is -2.34. The van der Waals surface area contributed by atoms with E-state index in [-0.39, 0.29) is 12.0 Å². The lowest BCUT2D eigenvalue weighted by atomic mass is 9.77. The molecule has 3 aliphatic rings. The Bertz CT molecular complexity index is 1030. The molecule has 3 heterocycles. The molecule has 0 amide bonds. The van der Waals surface area contributed by atoms with E-state index in [9.17, 15) is 5.11 Å². The van der Waals surface area contributed by atoms with Gasteiger partial charge >= 0.3 is 0 Å². The van der Waals surface area contributed by atoms with Crippen molar-refractivity contribution in [2.45, 2.75) is 50.7 Å². The summed E-state index contributed by atoms with van der Waals surface area (Å²) in [6.07, 6.45) is 9.79. The summed E-state index contributed by atoms with van der Waals surface area (Å²) in [6, 6.07) is 8.33. The van der Waals surface area contributed by atoms with Gasteiger partial charge < -0.3 is 19.5 Å². The fourth-order valence-electron chi connectivity index (χ4n) is 5.10. The van der Waals surface area contributed by atoms with E-state index >= 15 is 0 Å². The number of hydrogen-bond acceptors (Lipinski definition) is 6. The first-order chi connectivity index (χ1) is 15.7. The van der Waals surface area contributed by atoms with E-state index in [1.165, 1.54) is 19.3 Å². The summed E-state index contributed by atoms with van der Waals surface area (Å²) in [5.74, 6) is 2.57. The van der Waals surface area contributed by atoms with Crippen LogP contribution in [-0.2, 0) is 0 Å². The number of aromatic nitrogens is 1. The quantitative estimate of drug-likeness (QED) is 0.719. The third kappa shape index (κ3) is 3.88. The van der Waals surface area contributed by atoms with Gasteiger partial charge in [-0.15, -0.1) is 0 Å². The summed E-state index contributed by atoms with van der Waals surface area (Å²) in [5.41, 5.74) is 4.09. The molecule has 0 spiro atoms. The first kappa shape index (κ1) is 21.0. The van der Waals surface area contributed by atoms with Crippen LogP contribution in [0.5, 0.6) is 11.5 Å². The van der Waals surface area contributed by atoms with Crippen molar-refractivity contribution in [3.8, 4) is 11.5 Å². The molecule has 2 aliphatic heterocycles. The molecule has 6 nitrogen and oxygen atoms in total. The van der Waals surface area contributed by atoms with Crippen LogP contribution in [0.2, 0.25) is 0 Å². The van der Waals surface area contributed by atoms with Gasteiger partial charge in [-0.05, 0) is 62.4 Å². The van der Waals surface area contributed by atoms with Gasteiger partial charge in [-0.1, -0.05) is 12.2 Å². The number of benzene rings is 1. The van der Waals surface area contributed by atoms with Crippen molar-refractivity contribution in [2.75, 3.05) is 31.7 Å². The highest BCUT2D eigenvalue weighted by Crippen LogP contribution is 2.43. The average Bonchev–Trinajstić information content (AvgIpc) is 2.84. The molecule has 1 aromatic carbocycles. The van der Waals surface area contributed by atoms with Crippen LogP contribution in [-0.4, -0.2) is 54.8 Å². The Hall–Kier alpha value is -2.86. The molecule has 0 radical (unpaired) electrons. The van der Waals surface area contributed by atoms with Crippen LogP contribution in [0.25, 0.3) is 0 Å². The Labute approximate surface area is 189 Å². The molecule has 1 saturated heterocycles. The predicted molar refractivity (Wildman–Crippen MR) is 126 cm³/mol. The lowest BCUT2D eigenvalue weighted by Crippen LogP contribution is -2.31. The molecule has 168 valence electrons. The van der Waals surface area contributed by atoms with Gasteiger partial charge in [-0.2, -0.15) is 0 Å². The van der Waals surface area contributed by atoms with Gasteiger partial charge in [-0.3, -0.25) is 4.99 Å². The van der Waals surface area contributed by atoms with Gasteiger partial charge in [0.25, 0.3) is 0 Å². The number of rotatable bonds is 5. The summed E-state index contributed by atoms with van der Waals surface area (Å²) >= 11 is 0. The number of methoxy groups -OCH3 is 1. The minimum atomic E-state index is -0.455. The minimum absolute atomic E-state index is 0.00876. The van der Waals surface area contributed by atoms with Crippen molar-refractivity contribution in [1.29, 1.82) is 0 Å². The summed E-state index contributed by atoms with van der Waals surface area (Å²) in [7, 11) is 1.66. The zero-order valence-electron chi connectivity index (χ0n) is 18.8. The van der Waals surface area contributed by atoms with Crippen LogP contribution in [0.15, 0.2) is 47.6 Å². The second kappa shape index (κ2) is 8.94. The number of nitrogens with zero attached hydrogens (tertiary/aromatic N) is 3. The van der Waals surface area contributed by atoms with Gasteiger partial charge in [0.05, 0.1) is 31.6 Å². The normalized spacial score (nSPS) is 24.4. The Morgan fingerprint density at radius 1 is 1.09 bits per heavy atom. The maximum atomic E-state index is 10.3. The van der Waals surface area contributed by atoms with Crippen LogP contribution < -0.4 is 14.4 Å². The van der Waals surface area contributed by atoms with Crippen molar-refractivity contribution in [1.82, 2.24) is 4.98 Å². The number of hydrogen-bond donors (Lipinski definition) is 1. The van der Waals surface area contributed by atoms with Crippen LogP contribution in [0.4, 0.5) is 5.82 Å². The van der Waals surface area contributed by atoms with Gasteiger partial charge in [0, 0.05) is 36.3 Å². The zero-order valence-corrected chi connectivity index (χ0v) is 18.8. The van der Waals surface area contributed by atoms with Gasteiger partial charge in [0.1, 0.15) is 5.82 Å². The second-order valence-electron chi connectivity index (χ2n) is 8.74. The molecule has 0 saturated carbocycles. The molecular weight excluding hydrogens is 402 g/mol. The van der Waals surface area contributed by atoms with E-state index in [2.05, 4.69) is 23.1 Å². The number of aliphatic imine (C=N–C) groups is 1. The van der Waals surface area contributed by atoms with Gasteiger partial charge in [-0.25, -0.2) is 4.98 Å². The lowest BCUT2D eigenvalue weighted by molar-refractivity contribution is 0.190. The Morgan fingerprint density at radius 2 is 1.94 bits per heavy atom. The molecule has 0 bridgehead atoms. The first-order valence-electron chi connectivity index (χ1n) is 11.7. The van der Waals surface area contributed by atoms with Crippen molar-refractivity contribution >= 4 is 11.5 Å².